The van der Waals surface area contributed by atoms with Crippen molar-refractivity contribution in [3.63, 3.8) is 0 Å². The Morgan fingerprint density at radius 1 is 1.11 bits per heavy atom. The van der Waals surface area contributed by atoms with E-state index in [4.69, 9.17) is 4.42 Å². The van der Waals surface area contributed by atoms with Crippen molar-refractivity contribution < 1.29 is 39.5 Å². The van der Waals surface area contributed by atoms with E-state index in [1.54, 1.807) is 0 Å². The number of ether oxygens (including phenoxy) is 1. The number of nitrogens with zero attached hydrogens (tertiary/aromatic N) is 4. The number of halogens is 5. The number of aromatic nitrogens is 4. The molecule has 3 aromatic rings. The maximum Gasteiger partial charge on any atom is 0.387 e. The van der Waals surface area contributed by atoms with Crippen molar-refractivity contribution in [3.8, 4) is 17.2 Å². The predicted octanol–water partition coefficient (Wildman–Crippen LogP) is 3.61. The van der Waals surface area contributed by atoms with Gasteiger partial charge in [0.05, 0.1) is 10.8 Å². The van der Waals surface area contributed by atoms with E-state index in [9.17, 15) is 30.4 Å². The van der Waals surface area contributed by atoms with Crippen molar-refractivity contribution in [2.24, 2.45) is 0 Å². The van der Waals surface area contributed by atoms with Gasteiger partial charge in [-0.2, -0.15) is 17.6 Å². The van der Waals surface area contributed by atoms with Gasteiger partial charge in [0.1, 0.15) is 17.4 Å². The second-order valence-corrected chi connectivity index (χ2v) is 9.74. The zero-order valence-corrected chi connectivity index (χ0v) is 18.6. The molecule has 1 N–H and O–H groups in total. The van der Waals surface area contributed by atoms with E-state index in [-0.39, 0.29) is 41.6 Å². The average Bonchev–Trinajstić information content (AvgIpc) is 3.55. The van der Waals surface area contributed by atoms with Crippen LogP contribution in [0.2, 0.25) is 0 Å². The van der Waals surface area contributed by atoms with Crippen molar-refractivity contribution >= 4 is 10.0 Å². The highest BCUT2D eigenvalue weighted by Gasteiger charge is 2.36. The zero-order chi connectivity index (χ0) is 25.2. The van der Waals surface area contributed by atoms with Crippen LogP contribution < -0.4 is 9.46 Å². The Balaban J connectivity index is 1.55. The molecule has 0 saturated heterocycles. The first-order chi connectivity index (χ1) is 16.6. The van der Waals surface area contributed by atoms with E-state index in [0.29, 0.717) is 12.8 Å². The summed E-state index contributed by atoms with van der Waals surface area (Å²) in [6.45, 7) is -3.33. The Morgan fingerprint density at radius 3 is 2.40 bits per heavy atom. The molecule has 188 valence electrons. The van der Waals surface area contributed by atoms with E-state index < -0.39 is 45.9 Å². The fraction of sp³-hybridized carbons (Fsp3) is 0.400. The molecule has 2 aromatic heterocycles. The maximum atomic E-state index is 14.8. The number of benzene rings is 1. The van der Waals surface area contributed by atoms with Crippen molar-refractivity contribution in [1.82, 2.24) is 24.9 Å². The van der Waals surface area contributed by atoms with Crippen LogP contribution in [0.4, 0.5) is 22.0 Å². The standard InChI is InChI=1S/C20H18F5N5O4S/c21-15-6-12(33-20(24)25)1-4-14(15)10(9-28-35(31,32)13-2-3-13)5-16-26-7-11(8-27-16)18-29-30-19(34-18)17(22)23/h1,4,6-8,10,13,17,20,28H,2-3,5,9H2. The van der Waals surface area contributed by atoms with E-state index in [1.165, 1.54) is 18.5 Å². The Kier molecular flexibility index (Phi) is 7.25. The molecule has 1 unspecified atom stereocenters. The number of alkyl halides is 4. The van der Waals surface area contributed by atoms with Crippen molar-refractivity contribution in [2.45, 2.75) is 43.5 Å². The Hall–Kier alpha value is -3.20. The molecule has 0 amide bonds. The van der Waals surface area contributed by atoms with Crippen LogP contribution in [0.1, 0.15) is 42.5 Å². The van der Waals surface area contributed by atoms with Gasteiger partial charge < -0.3 is 9.15 Å². The van der Waals surface area contributed by atoms with Crippen LogP contribution in [0.3, 0.4) is 0 Å². The molecule has 1 atom stereocenters. The van der Waals surface area contributed by atoms with Gasteiger partial charge in [-0.1, -0.05) is 6.07 Å². The van der Waals surface area contributed by atoms with E-state index >= 15 is 0 Å². The summed E-state index contributed by atoms with van der Waals surface area (Å²) in [5.74, 6) is -2.97. The second kappa shape index (κ2) is 10.2. The highest BCUT2D eigenvalue weighted by atomic mass is 32.2. The van der Waals surface area contributed by atoms with Crippen LogP contribution in [-0.2, 0) is 16.4 Å². The molecular weight excluding hydrogens is 501 g/mol. The minimum Gasteiger partial charge on any atom is -0.435 e. The number of hydrogen-bond donors (Lipinski definition) is 1. The quantitative estimate of drug-likeness (QED) is 0.382. The first kappa shape index (κ1) is 24.9. The van der Waals surface area contributed by atoms with Gasteiger partial charge in [-0.15, -0.1) is 10.2 Å². The molecule has 15 heteroatoms. The van der Waals surface area contributed by atoms with Gasteiger partial charge >= 0.3 is 13.0 Å². The monoisotopic (exact) mass is 519 g/mol. The minimum absolute atomic E-state index is 0.0362. The number of rotatable bonds is 11. The van der Waals surface area contributed by atoms with Crippen LogP contribution >= 0.6 is 0 Å². The Labute approximate surface area is 195 Å². The molecule has 2 heterocycles. The third-order valence-electron chi connectivity index (χ3n) is 5.14. The summed E-state index contributed by atoms with van der Waals surface area (Å²) in [6, 6.07) is 3.15. The molecule has 0 bridgehead atoms. The molecule has 0 aliphatic heterocycles. The average molecular weight is 519 g/mol. The molecule has 1 saturated carbocycles. The number of nitrogens with one attached hydrogen (secondary N) is 1. The molecule has 1 fully saturated rings. The van der Waals surface area contributed by atoms with Crippen molar-refractivity contribution in [2.75, 3.05) is 6.54 Å². The van der Waals surface area contributed by atoms with E-state index in [1.807, 2.05) is 0 Å². The molecule has 1 aliphatic rings. The van der Waals surface area contributed by atoms with E-state index in [0.717, 1.165) is 12.1 Å². The lowest BCUT2D eigenvalue weighted by Crippen LogP contribution is -2.32. The van der Waals surface area contributed by atoms with Crippen molar-refractivity contribution in [1.29, 1.82) is 0 Å². The molecule has 35 heavy (non-hydrogen) atoms. The van der Waals surface area contributed by atoms with Gasteiger partial charge in [-0.05, 0) is 24.5 Å². The van der Waals surface area contributed by atoms with Crippen LogP contribution in [0.25, 0.3) is 11.5 Å². The topological polar surface area (TPSA) is 120 Å². The largest absolute Gasteiger partial charge is 0.435 e. The lowest BCUT2D eigenvalue weighted by atomic mass is 9.94. The smallest absolute Gasteiger partial charge is 0.387 e. The van der Waals surface area contributed by atoms with Gasteiger partial charge in [0.15, 0.2) is 0 Å². The molecule has 0 radical (unpaired) electrons. The summed E-state index contributed by atoms with van der Waals surface area (Å²) in [5, 5.41) is 6.21. The first-order valence-electron chi connectivity index (χ1n) is 10.3. The lowest BCUT2D eigenvalue weighted by molar-refractivity contribution is -0.0500. The predicted molar refractivity (Wildman–Crippen MR) is 110 cm³/mol. The summed E-state index contributed by atoms with van der Waals surface area (Å²) < 4.78 is 101. The summed E-state index contributed by atoms with van der Waals surface area (Å²) in [7, 11) is -3.59. The third kappa shape index (κ3) is 6.28. The van der Waals surface area contributed by atoms with Gasteiger partial charge in [-0.25, -0.2) is 27.5 Å². The molecule has 1 aliphatic carbocycles. The molecular formula is C20H18F5N5O4S. The second-order valence-electron chi connectivity index (χ2n) is 7.69. The molecule has 1 aromatic carbocycles. The molecule has 4 rings (SSSR count). The Morgan fingerprint density at radius 2 is 1.83 bits per heavy atom. The normalized spacial score (nSPS) is 15.1. The SMILES string of the molecule is O=S(=O)(NCC(Cc1ncc(-c2nnc(C(F)F)o2)cn1)c1ccc(OC(F)F)cc1F)C1CC1. The van der Waals surface area contributed by atoms with E-state index in [2.05, 4.69) is 29.6 Å². The zero-order valence-electron chi connectivity index (χ0n) is 17.7. The molecule has 0 spiro atoms. The van der Waals surface area contributed by atoms with Gasteiger partial charge in [0.2, 0.25) is 10.0 Å². The first-order valence-corrected chi connectivity index (χ1v) is 11.8. The summed E-state index contributed by atoms with van der Waals surface area (Å²) in [4.78, 5) is 8.21. The Bertz CT molecular complexity index is 1270. The summed E-state index contributed by atoms with van der Waals surface area (Å²) in [6.07, 6.45) is 0.567. The summed E-state index contributed by atoms with van der Waals surface area (Å²) >= 11 is 0. The molecule has 9 nitrogen and oxygen atoms in total. The number of hydrogen-bond acceptors (Lipinski definition) is 8. The highest BCUT2D eigenvalue weighted by Crippen LogP contribution is 2.30. The summed E-state index contributed by atoms with van der Waals surface area (Å²) in [5.41, 5.74) is 0.204. The van der Waals surface area contributed by atoms with Crippen LogP contribution in [0.5, 0.6) is 5.75 Å². The van der Waals surface area contributed by atoms with Crippen molar-refractivity contribution in [3.05, 3.63) is 53.7 Å². The van der Waals surface area contributed by atoms with Gasteiger partial charge in [-0.3, -0.25) is 0 Å². The number of sulfonamides is 1. The van der Waals surface area contributed by atoms with Crippen LogP contribution in [0, 0.1) is 5.82 Å². The fourth-order valence-electron chi connectivity index (χ4n) is 3.25. The maximum absolute atomic E-state index is 14.8. The van der Waals surface area contributed by atoms with Crippen LogP contribution in [-0.4, -0.2) is 47.0 Å². The lowest BCUT2D eigenvalue weighted by Gasteiger charge is -2.19. The fourth-order valence-corrected chi connectivity index (χ4v) is 4.68. The van der Waals surface area contributed by atoms with Gasteiger partial charge in [0.25, 0.3) is 11.8 Å². The highest BCUT2D eigenvalue weighted by molar-refractivity contribution is 7.90. The van der Waals surface area contributed by atoms with Gasteiger partial charge in [0, 0.05) is 37.3 Å². The minimum atomic E-state index is -3.59. The third-order valence-corrected chi connectivity index (χ3v) is 7.06. The van der Waals surface area contributed by atoms with Crippen LogP contribution in [0.15, 0.2) is 35.0 Å².